The van der Waals surface area contributed by atoms with Crippen molar-refractivity contribution in [1.82, 2.24) is 25.5 Å². The van der Waals surface area contributed by atoms with Gasteiger partial charge >= 0.3 is 0 Å². The van der Waals surface area contributed by atoms with E-state index in [1.165, 1.54) is 0 Å². The smallest absolute Gasteiger partial charge is 0.173 e. The summed E-state index contributed by atoms with van der Waals surface area (Å²) in [5.74, 6) is 0.695. The minimum atomic E-state index is 0.0278. The molecule has 2 rings (SSSR count). The van der Waals surface area contributed by atoms with E-state index in [4.69, 9.17) is 23.2 Å². The van der Waals surface area contributed by atoms with E-state index in [-0.39, 0.29) is 6.04 Å². The van der Waals surface area contributed by atoms with E-state index in [9.17, 15) is 0 Å². The van der Waals surface area contributed by atoms with Crippen molar-refractivity contribution in [3.8, 4) is 5.69 Å². The summed E-state index contributed by atoms with van der Waals surface area (Å²) in [6.45, 7) is 4.85. The molecule has 0 fully saturated rings. The number of hydrogen-bond acceptors (Lipinski definition) is 4. The molecule has 1 aromatic carbocycles. The van der Waals surface area contributed by atoms with Crippen LogP contribution < -0.4 is 5.32 Å². The van der Waals surface area contributed by atoms with Crippen LogP contribution in [0.3, 0.4) is 0 Å². The molecule has 0 aliphatic heterocycles. The fourth-order valence-electron chi connectivity index (χ4n) is 1.69. The molecule has 5 nitrogen and oxygen atoms in total. The highest BCUT2D eigenvalue weighted by atomic mass is 35.5. The summed E-state index contributed by atoms with van der Waals surface area (Å²) in [6.07, 6.45) is 0. The SMILES string of the molecule is CCNC(C)c1nnnn1-c1cccc(Cl)c1Cl. The van der Waals surface area contributed by atoms with E-state index in [0.29, 0.717) is 21.6 Å². The Bertz CT molecular complexity index is 540. The Morgan fingerprint density at radius 2 is 2.17 bits per heavy atom. The standard InChI is InChI=1S/C11H13Cl2N5/c1-3-14-7(2)11-15-16-17-18(11)9-6-4-5-8(12)10(9)13/h4-7,14H,3H2,1-2H3. The maximum Gasteiger partial charge on any atom is 0.173 e. The van der Waals surface area contributed by atoms with Crippen molar-refractivity contribution >= 4 is 23.2 Å². The number of nitrogens with zero attached hydrogens (tertiary/aromatic N) is 4. The Morgan fingerprint density at radius 3 is 2.89 bits per heavy atom. The van der Waals surface area contributed by atoms with Crippen LogP contribution in [0.5, 0.6) is 0 Å². The maximum absolute atomic E-state index is 6.17. The van der Waals surface area contributed by atoms with Gasteiger partial charge in [-0.1, -0.05) is 36.2 Å². The second-order valence-corrected chi connectivity index (χ2v) is 4.59. The maximum atomic E-state index is 6.17. The largest absolute Gasteiger partial charge is 0.308 e. The number of rotatable bonds is 4. The van der Waals surface area contributed by atoms with Gasteiger partial charge < -0.3 is 5.32 Å². The third-order valence-electron chi connectivity index (χ3n) is 2.55. The zero-order valence-electron chi connectivity index (χ0n) is 10.1. The van der Waals surface area contributed by atoms with Crippen LogP contribution >= 0.6 is 23.2 Å². The van der Waals surface area contributed by atoms with Crippen LogP contribution in [-0.4, -0.2) is 26.8 Å². The van der Waals surface area contributed by atoms with E-state index < -0.39 is 0 Å². The highest BCUT2D eigenvalue weighted by Crippen LogP contribution is 2.29. The third-order valence-corrected chi connectivity index (χ3v) is 3.36. The molecule has 2 aromatic rings. The Balaban J connectivity index is 2.45. The van der Waals surface area contributed by atoms with Crippen molar-refractivity contribution in [2.45, 2.75) is 19.9 Å². The van der Waals surface area contributed by atoms with E-state index in [1.807, 2.05) is 26.0 Å². The van der Waals surface area contributed by atoms with Crippen molar-refractivity contribution < 1.29 is 0 Å². The molecule has 18 heavy (non-hydrogen) atoms. The first-order chi connectivity index (χ1) is 8.65. The lowest BCUT2D eigenvalue weighted by Gasteiger charge is -2.13. The van der Waals surface area contributed by atoms with Crippen LogP contribution in [0.15, 0.2) is 18.2 Å². The summed E-state index contributed by atoms with van der Waals surface area (Å²) < 4.78 is 1.60. The lowest BCUT2D eigenvalue weighted by molar-refractivity contribution is 0.550. The molecule has 1 aromatic heterocycles. The van der Waals surface area contributed by atoms with Gasteiger partial charge in [-0.15, -0.1) is 5.10 Å². The molecule has 0 spiro atoms. The minimum Gasteiger partial charge on any atom is -0.308 e. The Hall–Kier alpha value is -1.17. The quantitative estimate of drug-likeness (QED) is 0.938. The van der Waals surface area contributed by atoms with Crippen molar-refractivity contribution in [3.05, 3.63) is 34.1 Å². The Kier molecular flexibility index (Phi) is 4.16. The van der Waals surface area contributed by atoms with Crippen LogP contribution in [0.2, 0.25) is 10.0 Å². The molecular formula is C11H13Cl2N5. The van der Waals surface area contributed by atoms with Crippen LogP contribution in [0, 0.1) is 0 Å². The fourth-order valence-corrected chi connectivity index (χ4v) is 2.06. The van der Waals surface area contributed by atoms with Gasteiger partial charge in [-0.25, -0.2) is 0 Å². The molecule has 0 radical (unpaired) electrons. The van der Waals surface area contributed by atoms with Gasteiger partial charge in [0, 0.05) is 0 Å². The molecule has 7 heteroatoms. The molecule has 1 unspecified atom stereocenters. The zero-order valence-corrected chi connectivity index (χ0v) is 11.6. The third kappa shape index (κ3) is 2.48. The number of halogens is 2. The second-order valence-electron chi connectivity index (χ2n) is 3.80. The van der Waals surface area contributed by atoms with Crippen LogP contribution in [0.1, 0.15) is 25.7 Å². The van der Waals surface area contributed by atoms with Crippen molar-refractivity contribution in [2.24, 2.45) is 0 Å². The fraction of sp³-hybridized carbons (Fsp3) is 0.364. The van der Waals surface area contributed by atoms with Crippen molar-refractivity contribution in [2.75, 3.05) is 6.54 Å². The normalized spacial score (nSPS) is 12.7. The first kappa shape index (κ1) is 13.3. The summed E-state index contributed by atoms with van der Waals surface area (Å²) in [5, 5.41) is 15.8. The topological polar surface area (TPSA) is 55.6 Å². The Morgan fingerprint density at radius 1 is 1.39 bits per heavy atom. The minimum absolute atomic E-state index is 0.0278. The molecule has 0 aliphatic carbocycles. The lowest BCUT2D eigenvalue weighted by atomic mass is 10.2. The van der Waals surface area contributed by atoms with Crippen LogP contribution in [0.4, 0.5) is 0 Å². The van der Waals surface area contributed by atoms with Crippen molar-refractivity contribution in [1.29, 1.82) is 0 Å². The molecule has 0 saturated heterocycles. The van der Waals surface area contributed by atoms with Gasteiger partial charge in [-0.05, 0) is 36.0 Å². The van der Waals surface area contributed by atoms with Crippen molar-refractivity contribution in [3.63, 3.8) is 0 Å². The summed E-state index contributed by atoms with van der Waals surface area (Å²) in [6, 6.07) is 5.39. The molecule has 0 bridgehead atoms. The van der Waals surface area contributed by atoms with E-state index in [2.05, 4.69) is 20.8 Å². The van der Waals surface area contributed by atoms with E-state index >= 15 is 0 Å². The van der Waals surface area contributed by atoms with E-state index in [0.717, 1.165) is 6.54 Å². The van der Waals surface area contributed by atoms with E-state index in [1.54, 1.807) is 10.7 Å². The number of tetrazole rings is 1. The summed E-state index contributed by atoms with van der Waals surface area (Å²) in [4.78, 5) is 0. The molecular weight excluding hydrogens is 273 g/mol. The first-order valence-electron chi connectivity index (χ1n) is 5.61. The molecule has 0 amide bonds. The highest BCUT2D eigenvalue weighted by Gasteiger charge is 2.17. The average molecular weight is 286 g/mol. The predicted molar refractivity (Wildman–Crippen MR) is 71.3 cm³/mol. The second kappa shape index (κ2) is 5.65. The zero-order chi connectivity index (χ0) is 13.1. The van der Waals surface area contributed by atoms with Gasteiger partial charge in [0.05, 0.1) is 21.8 Å². The number of benzene rings is 1. The monoisotopic (exact) mass is 285 g/mol. The highest BCUT2D eigenvalue weighted by molar-refractivity contribution is 6.43. The number of aromatic nitrogens is 4. The summed E-state index contributed by atoms with van der Waals surface area (Å²) >= 11 is 12.2. The van der Waals surface area contributed by atoms with Gasteiger partial charge in [0.15, 0.2) is 5.82 Å². The van der Waals surface area contributed by atoms with Gasteiger partial charge in [0.1, 0.15) is 0 Å². The summed E-state index contributed by atoms with van der Waals surface area (Å²) in [7, 11) is 0. The Labute approximate surface area is 115 Å². The molecule has 0 aliphatic rings. The predicted octanol–water partition coefficient (Wildman–Crippen LogP) is 2.64. The van der Waals surface area contributed by atoms with Gasteiger partial charge in [-0.2, -0.15) is 4.68 Å². The van der Waals surface area contributed by atoms with Gasteiger partial charge in [-0.3, -0.25) is 0 Å². The first-order valence-corrected chi connectivity index (χ1v) is 6.36. The summed E-state index contributed by atoms with van der Waals surface area (Å²) in [5.41, 5.74) is 0.675. The molecule has 96 valence electrons. The molecule has 0 saturated carbocycles. The lowest BCUT2D eigenvalue weighted by Crippen LogP contribution is -2.21. The van der Waals surface area contributed by atoms with Crippen LogP contribution in [0.25, 0.3) is 5.69 Å². The number of nitrogens with one attached hydrogen (secondary N) is 1. The van der Waals surface area contributed by atoms with Gasteiger partial charge in [0.2, 0.25) is 0 Å². The van der Waals surface area contributed by atoms with Crippen LogP contribution in [-0.2, 0) is 0 Å². The molecule has 1 N–H and O–H groups in total. The number of hydrogen-bond donors (Lipinski definition) is 1. The average Bonchev–Trinajstić information content (AvgIpc) is 2.82. The molecule has 1 atom stereocenters. The molecule has 1 heterocycles. The van der Waals surface area contributed by atoms with Gasteiger partial charge in [0.25, 0.3) is 0 Å².